The number of rotatable bonds is 2. The van der Waals surface area contributed by atoms with Gasteiger partial charge in [-0.25, -0.2) is 4.98 Å². The highest BCUT2D eigenvalue weighted by Gasteiger charge is 2.30. The van der Waals surface area contributed by atoms with Crippen molar-refractivity contribution in [3.05, 3.63) is 47.8 Å². The van der Waals surface area contributed by atoms with Crippen molar-refractivity contribution in [2.75, 3.05) is 5.32 Å². The lowest BCUT2D eigenvalue weighted by atomic mass is 10.1. The molecule has 0 radical (unpaired) electrons. The quantitative estimate of drug-likeness (QED) is 0.882. The van der Waals surface area contributed by atoms with Crippen molar-refractivity contribution in [3.8, 4) is 0 Å². The van der Waals surface area contributed by atoms with Gasteiger partial charge in [0.25, 0.3) is 0 Å². The highest BCUT2D eigenvalue weighted by Crippen LogP contribution is 2.29. The lowest BCUT2D eigenvalue weighted by Gasteiger charge is -2.11. The number of anilines is 1. The van der Waals surface area contributed by atoms with Crippen LogP contribution in [0.5, 0.6) is 0 Å². The van der Waals surface area contributed by atoms with Gasteiger partial charge in [0.15, 0.2) is 5.78 Å². The normalized spacial score (nSPS) is 15.5. The van der Waals surface area contributed by atoms with Gasteiger partial charge in [-0.05, 0) is 18.2 Å². The van der Waals surface area contributed by atoms with Gasteiger partial charge in [0.2, 0.25) is 0 Å². The van der Waals surface area contributed by atoms with E-state index in [9.17, 15) is 18.0 Å². The summed E-state index contributed by atoms with van der Waals surface area (Å²) in [6.45, 7) is 0. The Morgan fingerprint density at radius 3 is 2.61 bits per heavy atom. The molecule has 0 atom stereocenters. The SMILES string of the molecule is O=C1CC=CC=C1Nc1ccc(C(F)(F)F)cn1. The summed E-state index contributed by atoms with van der Waals surface area (Å²) in [6, 6.07) is 2.11. The molecule has 0 spiro atoms. The second-order valence-electron chi connectivity index (χ2n) is 3.69. The number of nitrogens with zero attached hydrogens (tertiary/aromatic N) is 1. The van der Waals surface area contributed by atoms with Crippen LogP contribution < -0.4 is 5.32 Å². The van der Waals surface area contributed by atoms with E-state index in [0.717, 1.165) is 12.3 Å². The van der Waals surface area contributed by atoms with E-state index >= 15 is 0 Å². The summed E-state index contributed by atoms with van der Waals surface area (Å²) in [5.74, 6) is 0.0806. The third-order valence-electron chi connectivity index (χ3n) is 2.36. The Morgan fingerprint density at radius 1 is 1.28 bits per heavy atom. The molecule has 0 bridgehead atoms. The molecule has 1 aliphatic rings. The molecular formula is C12H9F3N2O. The maximum absolute atomic E-state index is 12.3. The Kier molecular flexibility index (Phi) is 3.18. The summed E-state index contributed by atoms with van der Waals surface area (Å²) in [7, 11) is 0. The van der Waals surface area contributed by atoms with Crippen LogP contribution in [0, 0.1) is 0 Å². The molecule has 1 aromatic rings. The monoisotopic (exact) mass is 254 g/mol. The number of alkyl halides is 3. The first-order valence-electron chi connectivity index (χ1n) is 5.17. The predicted molar refractivity (Wildman–Crippen MR) is 59.7 cm³/mol. The number of carbonyl (C=O) groups is 1. The number of nitrogens with one attached hydrogen (secondary N) is 1. The lowest BCUT2D eigenvalue weighted by Crippen LogP contribution is -2.13. The van der Waals surface area contributed by atoms with E-state index in [1.54, 1.807) is 18.2 Å². The Labute approximate surface area is 101 Å². The number of pyridine rings is 1. The lowest BCUT2D eigenvalue weighted by molar-refractivity contribution is -0.137. The molecule has 1 N–H and O–H groups in total. The molecule has 3 nitrogen and oxygen atoms in total. The molecule has 2 rings (SSSR count). The van der Waals surface area contributed by atoms with Gasteiger partial charge >= 0.3 is 6.18 Å². The molecule has 0 fully saturated rings. The fourth-order valence-electron chi connectivity index (χ4n) is 1.43. The van der Waals surface area contributed by atoms with Gasteiger partial charge in [0.05, 0.1) is 11.3 Å². The number of Topliss-reactive ketones (excluding diaryl/α,β-unsaturated/α-hetero) is 1. The van der Waals surface area contributed by atoms with E-state index in [-0.39, 0.29) is 18.0 Å². The molecule has 6 heteroatoms. The van der Waals surface area contributed by atoms with Crippen molar-refractivity contribution < 1.29 is 18.0 Å². The van der Waals surface area contributed by atoms with Gasteiger partial charge in [0.1, 0.15) is 5.82 Å². The topological polar surface area (TPSA) is 42.0 Å². The third-order valence-corrected chi connectivity index (χ3v) is 2.36. The van der Waals surface area contributed by atoms with E-state index in [4.69, 9.17) is 0 Å². The van der Waals surface area contributed by atoms with Crippen molar-refractivity contribution in [1.82, 2.24) is 4.98 Å². The molecule has 0 unspecified atom stereocenters. The van der Waals surface area contributed by atoms with Crippen LogP contribution in [-0.4, -0.2) is 10.8 Å². The molecular weight excluding hydrogens is 245 g/mol. The van der Waals surface area contributed by atoms with Crippen molar-refractivity contribution in [3.63, 3.8) is 0 Å². The minimum absolute atomic E-state index is 0.126. The number of hydrogen-bond donors (Lipinski definition) is 1. The first-order chi connectivity index (χ1) is 8.47. The van der Waals surface area contributed by atoms with E-state index < -0.39 is 11.7 Å². The zero-order valence-corrected chi connectivity index (χ0v) is 9.16. The summed E-state index contributed by atoms with van der Waals surface area (Å²) in [4.78, 5) is 15.1. The largest absolute Gasteiger partial charge is 0.417 e. The molecule has 18 heavy (non-hydrogen) atoms. The maximum atomic E-state index is 12.3. The van der Waals surface area contributed by atoms with Crippen LogP contribution in [-0.2, 0) is 11.0 Å². The second-order valence-corrected chi connectivity index (χ2v) is 3.69. The second kappa shape index (κ2) is 4.64. The van der Waals surface area contributed by atoms with E-state index in [1.807, 2.05) is 0 Å². The number of ketones is 1. The highest BCUT2D eigenvalue weighted by atomic mass is 19.4. The molecule has 0 saturated carbocycles. The number of carbonyl (C=O) groups excluding carboxylic acids is 1. The van der Waals surface area contributed by atoms with Crippen LogP contribution in [0.3, 0.4) is 0 Å². The average molecular weight is 254 g/mol. The fourth-order valence-corrected chi connectivity index (χ4v) is 1.43. The maximum Gasteiger partial charge on any atom is 0.417 e. The molecule has 94 valence electrons. The molecule has 1 aliphatic carbocycles. The zero-order valence-electron chi connectivity index (χ0n) is 9.16. The Hall–Kier alpha value is -2.11. The van der Waals surface area contributed by atoms with Crippen molar-refractivity contribution in [2.24, 2.45) is 0 Å². The summed E-state index contributed by atoms with van der Waals surface area (Å²) in [6.07, 6.45) is 1.56. The third kappa shape index (κ3) is 2.77. The molecule has 0 saturated heterocycles. The van der Waals surface area contributed by atoms with E-state index in [1.165, 1.54) is 6.07 Å². The number of hydrogen-bond acceptors (Lipinski definition) is 3. The first-order valence-corrected chi connectivity index (χ1v) is 5.17. The van der Waals surface area contributed by atoms with Gasteiger partial charge in [0, 0.05) is 12.6 Å². The van der Waals surface area contributed by atoms with Gasteiger partial charge < -0.3 is 5.32 Å². The van der Waals surface area contributed by atoms with Gasteiger partial charge in [-0.15, -0.1) is 0 Å². The standard InChI is InChI=1S/C12H9F3N2O/c13-12(14,15)8-5-6-11(16-7-8)17-9-3-1-2-4-10(9)18/h1-3,5-7H,4H2,(H,16,17). The number of halogens is 3. The van der Waals surface area contributed by atoms with Crippen molar-refractivity contribution in [1.29, 1.82) is 0 Å². The summed E-state index contributed by atoms with van der Waals surface area (Å²) < 4.78 is 36.9. The Bertz CT molecular complexity index is 515. The molecule has 0 aromatic carbocycles. The van der Waals surface area contributed by atoms with Crippen LogP contribution in [0.2, 0.25) is 0 Å². The van der Waals surface area contributed by atoms with Crippen molar-refractivity contribution in [2.45, 2.75) is 12.6 Å². The van der Waals surface area contributed by atoms with Gasteiger partial charge in [-0.2, -0.15) is 13.2 Å². The average Bonchev–Trinajstić information content (AvgIpc) is 2.32. The molecule has 1 heterocycles. The van der Waals surface area contributed by atoms with Crippen LogP contribution in [0.25, 0.3) is 0 Å². The summed E-state index contributed by atoms with van der Waals surface area (Å²) in [5.41, 5.74) is -0.498. The minimum Gasteiger partial charge on any atom is -0.337 e. The summed E-state index contributed by atoms with van der Waals surface area (Å²) >= 11 is 0. The van der Waals surface area contributed by atoms with Gasteiger partial charge in [-0.1, -0.05) is 12.2 Å². The van der Waals surface area contributed by atoms with Crippen LogP contribution in [0.1, 0.15) is 12.0 Å². The van der Waals surface area contributed by atoms with E-state index in [2.05, 4.69) is 10.3 Å². The van der Waals surface area contributed by atoms with E-state index in [0.29, 0.717) is 5.70 Å². The zero-order chi connectivity index (χ0) is 13.2. The molecule has 0 amide bonds. The molecule has 1 aromatic heterocycles. The molecule has 0 aliphatic heterocycles. The smallest absolute Gasteiger partial charge is 0.337 e. The van der Waals surface area contributed by atoms with Crippen LogP contribution in [0.15, 0.2) is 42.3 Å². The van der Waals surface area contributed by atoms with Gasteiger partial charge in [-0.3, -0.25) is 4.79 Å². The fraction of sp³-hybridized carbons (Fsp3) is 0.167. The van der Waals surface area contributed by atoms with Crippen LogP contribution >= 0.6 is 0 Å². The number of aromatic nitrogens is 1. The Balaban J connectivity index is 2.14. The van der Waals surface area contributed by atoms with Crippen molar-refractivity contribution >= 4 is 11.6 Å². The van der Waals surface area contributed by atoms with Crippen LogP contribution in [0.4, 0.5) is 19.0 Å². The highest BCUT2D eigenvalue weighted by molar-refractivity contribution is 5.99. The number of allylic oxidation sites excluding steroid dienone is 4. The Morgan fingerprint density at radius 2 is 2.06 bits per heavy atom. The predicted octanol–water partition coefficient (Wildman–Crippen LogP) is 2.93. The summed E-state index contributed by atoms with van der Waals surface area (Å²) in [5, 5.41) is 2.69. The minimum atomic E-state index is -4.41. The first kappa shape index (κ1) is 12.3.